The standard InChI is InChI=1S/C10H5F17O/c11-3(12,1-2-28)4(13,14)5(15,16)6(17,18)7(19,20)8(21,22)9(23,24)10(25,26)27/h28H,1-2H2/i1D2,2D2,3+1. The number of aliphatic hydroxyl groups is 1. The summed E-state index contributed by atoms with van der Waals surface area (Å²) in [7, 11) is 0. The van der Waals surface area contributed by atoms with Gasteiger partial charge in [-0.15, -0.1) is 0 Å². The van der Waals surface area contributed by atoms with Crippen LogP contribution in [0.3, 0.4) is 0 Å². The van der Waals surface area contributed by atoms with Crippen molar-refractivity contribution in [2.75, 3.05) is 6.56 Å². The van der Waals surface area contributed by atoms with Crippen molar-refractivity contribution in [1.29, 1.82) is 0 Å². The molecule has 0 saturated carbocycles. The number of rotatable bonds is 8. The molecular weight excluding hydrogens is 460 g/mol. The molecule has 0 unspecified atom stereocenters. The molecule has 0 aromatic heterocycles. The van der Waals surface area contributed by atoms with Gasteiger partial charge in [0, 0.05) is 15.7 Å². The molecule has 0 spiro atoms. The number of alkyl halides is 17. The zero-order valence-electron chi connectivity index (χ0n) is 15.9. The van der Waals surface area contributed by atoms with E-state index < -0.39 is 60.6 Å². The van der Waals surface area contributed by atoms with E-state index in [9.17, 15) is 74.6 Å². The van der Waals surface area contributed by atoms with E-state index in [0.29, 0.717) is 0 Å². The minimum atomic E-state index is -8.91. The molecule has 0 atom stereocenters. The van der Waals surface area contributed by atoms with Crippen LogP contribution in [0, 0.1) is 0 Å². The molecular formula is C10H5F17O. The highest BCUT2D eigenvalue weighted by Gasteiger charge is 2.95. The second-order valence-electron chi connectivity index (χ2n) is 4.76. The Morgan fingerprint density at radius 1 is 0.464 bits per heavy atom. The maximum Gasteiger partial charge on any atom is 0.460 e. The molecule has 18 heteroatoms. The Morgan fingerprint density at radius 3 is 0.964 bits per heavy atom. The lowest BCUT2D eigenvalue weighted by Gasteiger charge is -2.42. The van der Waals surface area contributed by atoms with Crippen LogP contribution in [-0.2, 0) is 0 Å². The highest BCUT2D eigenvalue weighted by Crippen LogP contribution is 2.64. The molecule has 170 valence electrons. The summed E-state index contributed by atoms with van der Waals surface area (Å²) in [5, 5.41) is 8.42. The molecule has 0 rings (SSSR count). The molecule has 0 aromatic carbocycles. The summed E-state index contributed by atoms with van der Waals surface area (Å²) in [6.45, 7) is -5.36. The van der Waals surface area contributed by atoms with Crippen molar-refractivity contribution in [2.45, 2.75) is 54.0 Å². The summed E-state index contributed by atoms with van der Waals surface area (Å²) in [5.74, 6) is -59.8. The topological polar surface area (TPSA) is 20.2 Å². The van der Waals surface area contributed by atoms with E-state index in [1.807, 2.05) is 0 Å². The summed E-state index contributed by atoms with van der Waals surface area (Å²) in [6.07, 6.45) is -14.0. The van der Waals surface area contributed by atoms with Gasteiger partial charge in [0.2, 0.25) is 0 Å². The minimum Gasteiger partial charge on any atom is -0.396 e. The zero-order valence-corrected chi connectivity index (χ0v) is 11.9. The predicted molar refractivity (Wildman–Crippen MR) is 52.4 cm³/mol. The van der Waals surface area contributed by atoms with E-state index in [1.54, 1.807) is 0 Å². The molecule has 0 amide bonds. The van der Waals surface area contributed by atoms with Gasteiger partial charge >= 0.3 is 47.6 Å². The van der Waals surface area contributed by atoms with Gasteiger partial charge in [-0.2, -0.15) is 74.6 Å². The first-order valence-corrected chi connectivity index (χ1v) is 5.69. The largest absolute Gasteiger partial charge is 0.460 e. The molecule has 0 radical (unpaired) electrons. The van der Waals surface area contributed by atoms with E-state index >= 15 is 0 Å². The van der Waals surface area contributed by atoms with Crippen LogP contribution >= 0.6 is 0 Å². The average Bonchev–Trinajstić information content (AvgIpc) is 2.51. The van der Waals surface area contributed by atoms with Crippen molar-refractivity contribution in [1.82, 2.24) is 0 Å². The average molecular weight is 469 g/mol. The molecule has 0 aliphatic heterocycles. The Kier molecular flexibility index (Phi) is 4.76. The molecule has 0 aromatic rings. The summed E-state index contributed by atoms with van der Waals surface area (Å²) in [6, 6.07) is 0. The first kappa shape index (κ1) is 20.1. The van der Waals surface area contributed by atoms with Gasteiger partial charge in [-0.05, 0) is 0 Å². The van der Waals surface area contributed by atoms with E-state index in [4.69, 9.17) is 10.6 Å². The Balaban J connectivity index is 7.00. The molecule has 1 nitrogen and oxygen atoms in total. The quantitative estimate of drug-likeness (QED) is 0.374. The Hall–Kier alpha value is -1.23. The van der Waals surface area contributed by atoms with Crippen LogP contribution in [0.4, 0.5) is 74.6 Å². The molecule has 0 saturated heterocycles. The summed E-state index contributed by atoms with van der Waals surface area (Å²) < 4.78 is 245. The molecule has 0 bridgehead atoms. The number of hydrogen-bond donors (Lipinski definition) is 1. The van der Waals surface area contributed by atoms with Gasteiger partial charge in [-0.25, -0.2) is 0 Å². The smallest absolute Gasteiger partial charge is 0.396 e. The van der Waals surface area contributed by atoms with Crippen LogP contribution in [0.15, 0.2) is 0 Å². The third kappa shape index (κ3) is 3.24. The van der Waals surface area contributed by atoms with Gasteiger partial charge in [0.1, 0.15) is 0 Å². The molecule has 1 N–H and O–H groups in total. The Morgan fingerprint density at radius 2 is 0.714 bits per heavy atom. The second kappa shape index (κ2) is 6.65. The van der Waals surface area contributed by atoms with Gasteiger partial charge in [-0.3, -0.25) is 0 Å². The predicted octanol–water partition coefficient (Wildman–Crippen LogP) is 5.38. The lowest BCUT2D eigenvalue weighted by molar-refractivity contribution is -0.461. The van der Waals surface area contributed by atoms with E-state index in [1.165, 1.54) is 0 Å². The van der Waals surface area contributed by atoms with Crippen molar-refractivity contribution in [3.05, 3.63) is 0 Å². The lowest BCUT2D eigenvalue weighted by atomic mass is 9.92. The maximum absolute atomic E-state index is 13.5. The first-order chi connectivity index (χ1) is 13.2. The van der Waals surface area contributed by atoms with Gasteiger partial charge in [0.15, 0.2) is 0 Å². The fourth-order valence-corrected chi connectivity index (χ4v) is 1.31. The van der Waals surface area contributed by atoms with E-state index in [0.717, 1.165) is 0 Å². The van der Waals surface area contributed by atoms with E-state index in [2.05, 4.69) is 0 Å². The van der Waals surface area contributed by atoms with Crippen molar-refractivity contribution in [3.63, 3.8) is 0 Å². The van der Waals surface area contributed by atoms with Gasteiger partial charge in [0.05, 0.1) is 2.74 Å². The van der Waals surface area contributed by atoms with Gasteiger partial charge in [0.25, 0.3) is 0 Å². The van der Waals surface area contributed by atoms with Crippen LogP contribution < -0.4 is 0 Å². The number of hydrogen-bond acceptors (Lipinski definition) is 1. The summed E-state index contributed by atoms with van der Waals surface area (Å²) in [4.78, 5) is 0. The Bertz CT molecular complexity index is 647. The van der Waals surface area contributed by atoms with Crippen LogP contribution in [0.2, 0.25) is 0 Å². The normalized spacial score (nSPS) is 19.6. The maximum atomic E-state index is 13.5. The van der Waals surface area contributed by atoms with Crippen LogP contribution in [0.5, 0.6) is 0 Å². The van der Waals surface area contributed by atoms with Gasteiger partial charge < -0.3 is 5.11 Å². The fourth-order valence-electron chi connectivity index (χ4n) is 1.31. The molecule has 0 fully saturated rings. The van der Waals surface area contributed by atoms with E-state index in [-0.39, 0.29) is 0 Å². The van der Waals surface area contributed by atoms with Gasteiger partial charge in [-0.1, -0.05) is 0 Å². The lowest BCUT2D eigenvalue weighted by Crippen LogP contribution is -2.74. The monoisotopic (exact) mass is 469 g/mol. The molecule has 28 heavy (non-hydrogen) atoms. The van der Waals surface area contributed by atoms with Crippen molar-refractivity contribution < 1.29 is 85.2 Å². The minimum absolute atomic E-state index is 5.36. The van der Waals surface area contributed by atoms with Crippen LogP contribution in [0.25, 0.3) is 0 Å². The number of halogens is 17. The van der Waals surface area contributed by atoms with Crippen molar-refractivity contribution in [3.8, 4) is 0 Å². The summed E-state index contributed by atoms with van der Waals surface area (Å²) >= 11 is 0. The van der Waals surface area contributed by atoms with Crippen LogP contribution in [0.1, 0.15) is 11.9 Å². The third-order valence-corrected chi connectivity index (χ3v) is 2.93. The van der Waals surface area contributed by atoms with Crippen LogP contribution in [-0.4, -0.2) is 59.3 Å². The third-order valence-electron chi connectivity index (χ3n) is 2.93. The summed E-state index contributed by atoms with van der Waals surface area (Å²) in [5.41, 5.74) is 0. The SMILES string of the molecule is [2H]C([2H])(O)C([2H])([2H])[13C](F)(F)C(F)(F)C(F)(F)C(F)(F)C(F)(F)C(F)(F)C(F)(F)C(F)(F)F. The molecule has 0 aliphatic rings. The first-order valence-electron chi connectivity index (χ1n) is 7.69. The van der Waals surface area contributed by atoms with Crippen molar-refractivity contribution >= 4 is 0 Å². The highest BCUT2D eigenvalue weighted by molar-refractivity contribution is 5.15. The molecule has 0 heterocycles. The second-order valence-corrected chi connectivity index (χ2v) is 4.76. The van der Waals surface area contributed by atoms with Crippen molar-refractivity contribution in [2.24, 2.45) is 0 Å². The fraction of sp³-hybridized carbons (Fsp3) is 1.00. The Labute approximate surface area is 147 Å². The molecule has 0 aliphatic carbocycles. The zero-order chi connectivity index (χ0) is 27.0. The highest BCUT2D eigenvalue weighted by atomic mass is 19.4.